The number of aromatic nitrogens is 2. The van der Waals surface area contributed by atoms with E-state index < -0.39 is 0 Å². The quantitative estimate of drug-likeness (QED) is 0.609. The van der Waals surface area contributed by atoms with Gasteiger partial charge in [0.15, 0.2) is 5.82 Å². The molecule has 2 heterocycles. The lowest BCUT2D eigenvalue weighted by Gasteiger charge is -2.36. The molecule has 0 amide bonds. The van der Waals surface area contributed by atoms with Gasteiger partial charge in [-0.1, -0.05) is 35.3 Å². The van der Waals surface area contributed by atoms with Gasteiger partial charge in [0.1, 0.15) is 5.82 Å². The molecule has 0 unspecified atom stereocenters. The van der Waals surface area contributed by atoms with Crippen LogP contribution in [-0.2, 0) is 0 Å². The number of likely N-dealkylation sites (tertiary alicyclic amines) is 1. The van der Waals surface area contributed by atoms with Crippen molar-refractivity contribution >= 4 is 39.9 Å². The van der Waals surface area contributed by atoms with E-state index >= 15 is 0 Å². The van der Waals surface area contributed by atoms with Crippen LogP contribution in [0.15, 0.2) is 42.5 Å². The van der Waals surface area contributed by atoms with Gasteiger partial charge in [-0.25, -0.2) is 9.97 Å². The number of rotatable bonds is 3. The molecule has 6 heteroatoms. The molecule has 1 aliphatic rings. The van der Waals surface area contributed by atoms with E-state index in [0.717, 1.165) is 48.2 Å². The second-order valence-electron chi connectivity index (χ2n) is 7.16. The van der Waals surface area contributed by atoms with Crippen molar-refractivity contribution in [2.24, 2.45) is 0 Å². The first-order chi connectivity index (χ1) is 13.0. The van der Waals surface area contributed by atoms with Crippen LogP contribution < -0.4 is 4.90 Å². The van der Waals surface area contributed by atoms with E-state index in [1.54, 1.807) is 6.07 Å². The molecule has 0 radical (unpaired) electrons. The Morgan fingerprint density at radius 3 is 2.52 bits per heavy atom. The zero-order valence-corrected chi connectivity index (χ0v) is 17.0. The summed E-state index contributed by atoms with van der Waals surface area (Å²) in [7, 11) is 4.31. The van der Waals surface area contributed by atoms with E-state index in [-0.39, 0.29) is 0 Å². The molecule has 0 spiro atoms. The molecular weight excluding hydrogens is 379 g/mol. The first kappa shape index (κ1) is 18.5. The molecule has 4 rings (SSSR count). The summed E-state index contributed by atoms with van der Waals surface area (Å²) in [6.45, 7) is 2.21. The number of anilines is 1. The van der Waals surface area contributed by atoms with E-state index in [1.807, 2.05) is 30.3 Å². The van der Waals surface area contributed by atoms with Crippen molar-refractivity contribution in [3.05, 3.63) is 52.5 Å². The van der Waals surface area contributed by atoms with Gasteiger partial charge in [0.2, 0.25) is 0 Å². The lowest BCUT2D eigenvalue weighted by Crippen LogP contribution is -2.42. The SMILES string of the molecule is CN1CCC(N(C)c2nc(-c3ccc(Cl)cc3Cl)nc3ccccc23)CC1. The minimum atomic E-state index is 0.466. The zero-order chi connectivity index (χ0) is 19.0. The average molecular weight is 401 g/mol. The van der Waals surface area contributed by atoms with Crippen LogP contribution in [0.3, 0.4) is 0 Å². The summed E-state index contributed by atoms with van der Waals surface area (Å²) in [6.07, 6.45) is 2.25. The third-order valence-corrected chi connectivity index (χ3v) is 5.87. The van der Waals surface area contributed by atoms with Gasteiger partial charge in [0, 0.05) is 29.1 Å². The Labute approximate surface area is 169 Å². The van der Waals surface area contributed by atoms with E-state index in [0.29, 0.717) is 21.9 Å². The number of hydrogen-bond donors (Lipinski definition) is 0. The monoisotopic (exact) mass is 400 g/mol. The van der Waals surface area contributed by atoms with Crippen LogP contribution in [0.4, 0.5) is 5.82 Å². The number of fused-ring (bicyclic) bond motifs is 1. The summed E-state index contributed by atoms with van der Waals surface area (Å²) in [5.41, 5.74) is 1.72. The average Bonchev–Trinajstić information content (AvgIpc) is 2.67. The number of para-hydroxylation sites is 1. The van der Waals surface area contributed by atoms with Gasteiger partial charge in [0.05, 0.1) is 10.5 Å². The third kappa shape index (κ3) is 3.75. The van der Waals surface area contributed by atoms with Crippen molar-refractivity contribution in [3.63, 3.8) is 0 Å². The van der Waals surface area contributed by atoms with Gasteiger partial charge in [0.25, 0.3) is 0 Å². The number of halogens is 2. The molecule has 1 saturated heterocycles. The molecular formula is C21H22Cl2N4. The van der Waals surface area contributed by atoms with Gasteiger partial charge in [-0.2, -0.15) is 0 Å². The van der Waals surface area contributed by atoms with Crippen molar-refractivity contribution in [2.75, 3.05) is 32.1 Å². The molecule has 0 bridgehead atoms. The number of benzene rings is 2. The molecule has 1 aliphatic heterocycles. The van der Waals surface area contributed by atoms with Crippen molar-refractivity contribution in [3.8, 4) is 11.4 Å². The first-order valence-electron chi connectivity index (χ1n) is 9.16. The molecule has 140 valence electrons. The Balaban J connectivity index is 1.81. The molecule has 27 heavy (non-hydrogen) atoms. The van der Waals surface area contributed by atoms with Gasteiger partial charge in [-0.3, -0.25) is 0 Å². The smallest absolute Gasteiger partial charge is 0.163 e. The van der Waals surface area contributed by atoms with Crippen LogP contribution in [0.5, 0.6) is 0 Å². The number of hydrogen-bond acceptors (Lipinski definition) is 4. The summed E-state index contributed by atoms with van der Waals surface area (Å²) < 4.78 is 0. The van der Waals surface area contributed by atoms with Crippen molar-refractivity contribution in [1.82, 2.24) is 14.9 Å². The van der Waals surface area contributed by atoms with E-state index in [1.165, 1.54) is 0 Å². The molecule has 0 atom stereocenters. The van der Waals surface area contributed by atoms with Gasteiger partial charge in [-0.15, -0.1) is 0 Å². The van der Waals surface area contributed by atoms with Crippen LogP contribution in [0.25, 0.3) is 22.3 Å². The normalized spacial score (nSPS) is 16.0. The molecule has 0 saturated carbocycles. The predicted molar refractivity (Wildman–Crippen MR) is 114 cm³/mol. The highest BCUT2D eigenvalue weighted by Crippen LogP contribution is 2.33. The second kappa shape index (κ2) is 7.63. The molecule has 1 fully saturated rings. The molecule has 3 aromatic rings. The Hall–Kier alpha value is -1.88. The van der Waals surface area contributed by atoms with E-state index in [4.69, 9.17) is 33.2 Å². The van der Waals surface area contributed by atoms with Gasteiger partial charge in [-0.05, 0) is 63.3 Å². The highest BCUT2D eigenvalue weighted by atomic mass is 35.5. The van der Waals surface area contributed by atoms with Crippen molar-refractivity contribution in [2.45, 2.75) is 18.9 Å². The molecule has 0 aliphatic carbocycles. The van der Waals surface area contributed by atoms with Crippen LogP contribution in [0, 0.1) is 0 Å². The highest BCUT2D eigenvalue weighted by molar-refractivity contribution is 6.36. The zero-order valence-electron chi connectivity index (χ0n) is 15.5. The standard InChI is InChI=1S/C21H22Cl2N4/c1-26-11-9-15(10-12-26)27(2)21-17-5-3-4-6-19(17)24-20(25-21)16-8-7-14(22)13-18(16)23/h3-8,13,15H,9-12H2,1-2H3. The van der Waals surface area contributed by atoms with Crippen LogP contribution >= 0.6 is 23.2 Å². The van der Waals surface area contributed by atoms with Crippen LogP contribution in [0.1, 0.15) is 12.8 Å². The molecule has 1 aromatic heterocycles. The maximum atomic E-state index is 6.43. The largest absolute Gasteiger partial charge is 0.356 e. The fourth-order valence-corrected chi connectivity index (χ4v) is 4.17. The van der Waals surface area contributed by atoms with Crippen LogP contribution in [0.2, 0.25) is 10.0 Å². The van der Waals surface area contributed by atoms with Crippen molar-refractivity contribution < 1.29 is 0 Å². The maximum Gasteiger partial charge on any atom is 0.163 e. The summed E-state index contributed by atoms with van der Waals surface area (Å²) in [5, 5.41) is 2.23. The van der Waals surface area contributed by atoms with Crippen molar-refractivity contribution in [1.29, 1.82) is 0 Å². The maximum absolute atomic E-state index is 6.43. The Kier molecular flexibility index (Phi) is 5.22. The lowest BCUT2D eigenvalue weighted by atomic mass is 10.0. The molecule has 0 N–H and O–H groups in total. The Morgan fingerprint density at radius 2 is 1.78 bits per heavy atom. The summed E-state index contributed by atoms with van der Waals surface area (Å²) in [4.78, 5) is 14.4. The number of piperidine rings is 1. The third-order valence-electron chi connectivity index (χ3n) is 5.33. The van der Waals surface area contributed by atoms with E-state index in [9.17, 15) is 0 Å². The molecule has 4 nitrogen and oxygen atoms in total. The summed E-state index contributed by atoms with van der Waals surface area (Å²) in [5.74, 6) is 1.58. The van der Waals surface area contributed by atoms with Gasteiger partial charge < -0.3 is 9.80 Å². The van der Waals surface area contributed by atoms with Crippen LogP contribution in [-0.4, -0.2) is 48.1 Å². The minimum absolute atomic E-state index is 0.466. The summed E-state index contributed by atoms with van der Waals surface area (Å²) >= 11 is 12.5. The lowest BCUT2D eigenvalue weighted by molar-refractivity contribution is 0.252. The second-order valence-corrected chi connectivity index (χ2v) is 8.00. The Morgan fingerprint density at radius 1 is 1.04 bits per heavy atom. The van der Waals surface area contributed by atoms with E-state index in [2.05, 4.69) is 30.0 Å². The fourth-order valence-electron chi connectivity index (χ4n) is 3.68. The molecule has 2 aromatic carbocycles. The highest BCUT2D eigenvalue weighted by Gasteiger charge is 2.24. The predicted octanol–water partition coefficient (Wildman–Crippen LogP) is 5.13. The topological polar surface area (TPSA) is 32.3 Å². The first-order valence-corrected chi connectivity index (χ1v) is 9.92. The fraction of sp³-hybridized carbons (Fsp3) is 0.333. The number of nitrogens with zero attached hydrogens (tertiary/aromatic N) is 4. The summed E-state index contributed by atoms with van der Waals surface area (Å²) in [6, 6.07) is 14.1. The van der Waals surface area contributed by atoms with Gasteiger partial charge >= 0.3 is 0 Å². The minimum Gasteiger partial charge on any atom is -0.356 e. The Bertz CT molecular complexity index is 968.